The van der Waals surface area contributed by atoms with E-state index in [4.69, 9.17) is 0 Å². The smallest absolute Gasteiger partial charge is 0.223 e. The van der Waals surface area contributed by atoms with E-state index >= 15 is 0 Å². The molecule has 2 fully saturated rings. The van der Waals surface area contributed by atoms with E-state index in [1.807, 2.05) is 27.8 Å². The van der Waals surface area contributed by atoms with Gasteiger partial charge in [-0.1, -0.05) is 35.5 Å². The number of amides is 1. The van der Waals surface area contributed by atoms with E-state index in [2.05, 4.69) is 28.6 Å². The third kappa shape index (κ3) is 2.75. The summed E-state index contributed by atoms with van der Waals surface area (Å²) >= 11 is 0. The van der Waals surface area contributed by atoms with E-state index in [1.165, 1.54) is 18.4 Å². The first-order valence-electron chi connectivity index (χ1n) is 8.03. The van der Waals surface area contributed by atoms with Gasteiger partial charge >= 0.3 is 0 Å². The van der Waals surface area contributed by atoms with Gasteiger partial charge in [-0.2, -0.15) is 0 Å². The Kier molecular flexibility index (Phi) is 3.41. The molecule has 1 amide bonds. The summed E-state index contributed by atoms with van der Waals surface area (Å²) in [4.78, 5) is 14.1. The van der Waals surface area contributed by atoms with Gasteiger partial charge in [-0.3, -0.25) is 4.79 Å². The van der Waals surface area contributed by atoms with Crippen LogP contribution in [0.2, 0.25) is 0 Å². The SMILES string of the molecule is O=C(CCc1ccccc1)N1CC(n2cc(C3CC3)nn2)C1. The maximum absolute atomic E-state index is 12.2. The highest BCUT2D eigenvalue weighted by Crippen LogP contribution is 2.39. The van der Waals surface area contributed by atoms with Crippen LogP contribution in [0.25, 0.3) is 0 Å². The van der Waals surface area contributed by atoms with Crippen molar-refractivity contribution in [3.63, 3.8) is 0 Å². The molecule has 5 heteroatoms. The summed E-state index contributed by atoms with van der Waals surface area (Å²) in [7, 11) is 0. The van der Waals surface area contributed by atoms with Gasteiger partial charge in [-0.05, 0) is 24.8 Å². The molecule has 0 spiro atoms. The molecule has 1 aliphatic heterocycles. The van der Waals surface area contributed by atoms with Crippen molar-refractivity contribution in [2.24, 2.45) is 0 Å². The number of aromatic nitrogens is 3. The Morgan fingerprint density at radius 1 is 1.18 bits per heavy atom. The van der Waals surface area contributed by atoms with Crippen molar-refractivity contribution < 1.29 is 4.79 Å². The molecule has 2 aliphatic rings. The number of benzene rings is 1. The molecular weight excluding hydrogens is 276 g/mol. The van der Waals surface area contributed by atoms with E-state index in [0.29, 0.717) is 18.4 Å². The van der Waals surface area contributed by atoms with Gasteiger partial charge in [-0.15, -0.1) is 5.10 Å². The van der Waals surface area contributed by atoms with Gasteiger partial charge < -0.3 is 4.90 Å². The van der Waals surface area contributed by atoms with Crippen LogP contribution < -0.4 is 0 Å². The monoisotopic (exact) mass is 296 g/mol. The van der Waals surface area contributed by atoms with Crippen LogP contribution in [0, 0.1) is 0 Å². The standard InChI is InChI=1S/C17H20N4O/c22-17(9-6-13-4-2-1-3-5-13)20-10-15(11-20)21-12-16(18-19-21)14-7-8-14/h1-5,12,14-15H,6-11H2. The lowest BCUT2D eigenvalue weighted by Crippen LogP contribution is -2.51. The molecule has 0 radical (unpaired) electrons. The summed E-state index contributed by atoms with van der Waals surface area (Å²) in [6.45, 7) is 1.53. The second-order valence-corrected chi connectivity index (χ2v) is 6.34. The summed E-state index contributed by atoms with van der Waals surface area (Å²) < 4.78 is 1.94. The first kappa shape index (κ1) is 13.5. The second kappa shape index (κ2) is 5.55. The minimum absolute atomic E-state index is 0.239. The number of hydrogen-bond donors (Lipinski definition) is 0. The topological polar surface area (TPSA) is 51.0 Å². The summed E-state index contributed by atoms with van der Waals surface area (Å²) in [5, 5.41) is 8.45. The fraction of sp³-hybridized carbons (Fsp3) is 0.471. The molecule has 0 N–H and O–H groups in total. The Morgan fingerprint density at radius 3 is 2.68 bits per heavy atom. The first-order valence-corrected chi connectivity index (χ1v) is 8.03. The van der Waals surface area contributed by atoms with Gasteiger partial charge in [0.1, 0.15) is 0 Å². The third-order valence-electron chi connectivity index (χ3n) is 4.58. The molecular formula is C17H20N4O. The summed E-state index contributed by atoms with van der Waals surface area (Å²) in [6, 6.07) is 10.5. The van der Waals surface area contributed by atoms with E-state index in [-0.39, 0.29) is 5.91 Å². The van der Waals surface area contributed by atoms with Crippen LogP contribution >= 0.6 is 0 Å². The molecule has 22 heavy (non-hydrogen) atoms. The van der Waals surface area contributed by atoms with Crippen molar-refractivity contribution in [2.75, 3.05) is 13.1 Å². The molecule has 2 heterocycles. The summed E-state index contributed by atoms with van der Waals surface area (Å²) in [5.74, 6) is 0.875. The number of likely N-dealkylation sites (tertiary alicyclic amines) is 1. The number of rotatable bonds is 5. The van der Waals surface area contributed by atoms with Crippen molar-refractivity contribution in [3.8, 4) is 0 Å². The van der Waals surface area contributed by atoms with Crippen LogP contribution in [0.5, 0.6) is 0 Å². The minimum atomic E-state index is 0.239. The zero-order chi connectivity index (χ0) is 14.9. The zero-order valence-electron chi connectivity index (χ0n) is 12.6. The van der Waals surface area contributed by atoms with E-state index in [0.717, 1.165) is 25.2 Å². The number of carbonyl (C=O) groups is 1. The van der Waals surface area contributed by atoms with Crippen LogP contribution in [0.3, 0.4) is 0 Å². The number of nitrogens with zero attached hydrogens (tertiary/aromatic N) is 4. The third-order valence-corrected chi connectivity index (χ3v) is 4.58. The van der Waals surface area contributed by atoms with Crippen molar-refractivity contribution >= 4 is 5.91 Å². The lowest BCUT2D eigenvalue weighted by molar-refractivity contribution is -0.137. The Morgan fingerprint density at radius 2 is 1.95 bits per heavy atom. The molecule has 1 aromatic carbocycles. The van der Waals surface area contributed by atoms with Crippen LogP contribution in [-0.2, 0) is 11.2 Å². The Labute approximate surface area is 129 Å². The molecule has 114 valence electrons. The molecule has 0 atom stereocenters. The Bertz CT molecular complexity index is 656. The highest BCUT2D eigenvalue weighted by molar-refractivity contribution is 5.77. The van der Waals surface area contributed by atoms with Gasteiger partial charge in [0.2, 0.25) is 5.91 Å². The van der Waals surface area contributed by atoms with Crippen molar-refractivity contribution in [2.45, 2.75) is 37.6 Å². The molecule has 0 unspecified atom stereocenters. The first-order chi connectivity index (χ1) is 10.8. The van der Waals surface area contributed by atoms with Gasteiger partial charge in [-0.25, -0.2) is 4.68 Å². The molecule has 2 aromatic rings. The normalized spacial score (nSPS) is 18.3. The largest absolute Gasteiger partial charge is 0.338 e. The quantitative estimate of drug-likeness (QED) is 0.849. The minimum Gasteiger partial charge on any atom is -0.338 e. The van der Waals surface area contributed by atoms with E-state index in [9.17, 15) is 4.79 Å². The predicted octanol–water partition coefficient (Wildman–Crippen LogP) is 2.17. The zero-order valence-corrected chi connectivity index (χ0v) is 12.6. The molecule has 5 nitrogen and oxygen atoms in total. The lowest BCUT2D eigenvalue weighted by Gasteiger charge is -2.39. The molecule has 0 bridgehead atoms. The number of hydrogen-bond acceptors (Lipinski definition) is 3. The van der Waals surface area contributed by atoms with Crippen LogP contribution in [0.1, 0.15) is 42.5 Å². The van der Waals surface area contributed by atoms with Crippen molar-refractivity contribution in [1.82, 2.24) is 19.9 Å². The van der Waals surface area contributed by atoms with Crippen LogP contribution in [-0.4, -0.2) is 38.9 Å². The highest BCUT2D eigenvalue weighted by Gasteiger charge is 2.34. The van der Waals surface area contributed by atoms with Gasteiger partial charge in [0.15, 0.2) is 0 Å². The highest BCUT2D eigenvalue weighted by atomic mass is 16.2. The van der Waals surface area contributed by atoms with E-state index < -0.39 is 0 Å². The fourth-order valence-corrected chi connectivity index (χ4v) is 2.92. The number of aryl methyl sites for hydroxylation is 1. The Balaban J connectivity index is 1.26. The summed E-state index contributed by atoms with van der Waals surface area (Å²) in [5.41, 5.74) is 2.34. The van der Waals surface area contributed by atoms with Crippen molar-refractivity contribution in [3.05, 3.63) is 47.8 Å². The molecule has 4 rings (SSSR count). The van der Waals surface area contributed by atoms with Gasteiger partial charge in [0, 0.05) is 31.6 Å². The maximum Gasteiger partial charge on any atom is 0.223 e. The van der Waals surface area contributed by atoms with Gasteiger partial charge in [0.05, 0.1) is 11.7 Å². The molecule has 1 aromatic heterocycles. The molecule has 1 aliphatic carbocycles. The van der Waals surface area contributed by atoms with Crippen LogP contribution in [0.4, 0.5) is 0 Å². The van der Waals surface area contributed by atoms with Crippen LogP contribution in [0.15, 0.2) is 36.5 Å². The second-order valence-electron chi connectivity index (χ2n) is 6.34. The molecule has 1 saturated heterocycles. The maximum atomic E-state index is 12.2. The van der Waals surface area contributed by atoms with E-state index in [1.54, 1.807) is 0 Å². The Hall–Kier alpha value is -2.17. The predicted molar refractivity (Wildman–Crippen MR) is 82.4 cm³/mol. The number of carbonyl (C=O) groups excluding carboxylic acids is 1. The fourth-order valence-electron chi connectivity index (χ4n) is 2.92. The average Bonchev–Trinajstić information content (AvgIpc) is 3.24. The molecule has 1 saturated carbocycles. The van der Waals surface area contributed by atoms with Crippen molar-refractivity contribution in [1.29, 1.82) is 0 Å². The summed E-state index contributed by atoms with van der Waals surface area (Å²) in [6.07, 6.45) is 5.95. The lowest BCUT2D eigenvalue weighted by atomic mass is 10.1. The van der Waals surface area contributed by atoms with Gasteiger partial charge in [0.25, 0.3) is 0 Å². The average molecular weight is 296 g/mol.